The van der Waals surface area contributed by atoms with Gasteiger partial charge in [-0.15, -0.1) is 0 Å². The lowest BCUT2D eigenvalue weighted by atomic mass is 9.97. The molecule has 28 heavy (non-hydrogen) atoms. The number of hydrogen-bond acceptors (Lipinski definition) is 6. The molecule has 0 radical (unpaired) electrons. The highest BCUT2D eigenvalue weighted by atomic mass is 16.2. The van der Waals surface area contributed by atoms with E-state index in [1.807, 2.05) is 24.2 Å². The first-order chi connectivity index (χ1) is 13.6. The summed E-state index contributed by atoms with van der Waals surface area (Å²) in [5.41, 5.74) is 2.90. The molecule has 8 heteroatoms. The predicted molar refractivity (Wildman–Crippen MR) is 102 cm³/mol. The van der Waals surface area contributed by atoms with Crippen LogP contribution in [0.1, 0.15) is 31.4 Å². The maximum Gasteiger partial charge on any atom is 0.227 e. The van der Waals surface area contributed by atoms with E-state index in [9.17, 15) is 4.79 Å². The zero-order valence-corrected chi connectivity index (χ0v) is 15.6. The molecule has 5 rings (SSSR count). The molecular weight excluding hydrogens is 354 g/mol. The van der Waals surface area contributed by atoms with Gasteiger partial charge in [0.1, 0.15) is 0 Å². The van der Waals surface area contributed by atoms with Crippen molar-refractivity contribution in [3.8, 4) is 6.07 Å². The molecule has 1 saturated heterocycles. The SMILES string of the molecule is Cn1cc(Nc2nccc(C3=CC4CCC(C3)N4C(=O)[C@@H]3C[C@H]3C#N)n2)cn1. The van der Waals surface area contributed by atoms with E-state index in [1.54, 1.807) is 17.1 Å². The fourth-order valence-corrected chi connectivity index (χ4v) is 4.38. The van der Waals surface area contributed by atoms with Crippen LogP contribution in [0.4, 0.5) is 11.6 Å². The number of nitrogens with one attached hydrogen (secondary N) is 1. The summed E-state index contributed by atoms with van der Waals surface area (Å²) in [4.78, 5) is 23.8. The molecule has 142 valence electrons. The Balaban J connectivity index is 1.35. The van der Waals surface area contributed by atoms with Gasteiger partial charge in [0.15, 0.2) is 0 Å². The van der Waals surface area contributed by atoms with Gasteiger partial charge in [-0.25, -0.2) is 9.97 Å². The molecule has 1 aliphatic carbocycles. The topological polar surface area (TPSA) is 99.7 Å². The second kappa shape index (κ2) is 6.44. The van der Waals surface area contributed by atoms with Crippen LogP contribution in [0.5, 0.6) is 0 Å². The third kappa shape index (κ3) is 2.93. The van der Waals surface area contributed by atoms with Crippen molar-refractivity contribution in [1.82, 2.24) is 24.6 Å². The first-order valence-corrected chi connectivity index (χ1v) is 9.64. The molecule has 3 aliphatic rings. The van der Waals surface area contributed by atoms with Crippen molar-refractivity contribution in [2.75, 3.05) is 5.32 Å². The minimum atomic E-state index is -0.0858. The zero-order chi connectivity index (χ0) is 19.3. The Hall–Kier alpha value is -3.21. The van der Waals surface area contributed by atoms with Gasteiger partial charge in [0, 0.05) is 25.5 Å². The van der Waals surface area contributed by atoms with Gasteiger partial charge in [-0.1, -0.05) is 6.08 Å². The molecule has 2 unspecified atom stereocenters. The molecule has 1 N–H and O–H groups in total. The number of hydrogen-bond donors (Lipinski definition) is 1. The van der Waals surface area contributed by atoms with Crippen LogP contribution in [0.15, 0.2) is 30.7 Å². The molecule has 2 bridgehead atoms. The second-order valence-corrected chi connectivity index (χ2v) is 7.81. The summed E-state index contributed by atoms with van der Waals surface area (Å²) in [5.74, 6) is 0.528. The van der Waals surface area contributed by atoms with E-state index in [0.717, 1.165) is 37.1 Å². The maximum atomic E-state index is 12.8. The number of aryl methyl sites for hydroxylation is 1. The summed E-state index contributed by atoms with van der Waals surface area (Å²) < 4.78 is 1.72. The van der Waals surface area contributed by atoms with E-state index in [1.165, 1.54) is 5.57 Å². The lowest BCUT2D eigenvalue weighted by molar-refractivity contribution is -0.135. The van der Waals surface area contributed by atoms with Crippen molar-refractivity contribution in [3.05, 3.63) is 36.4 Å². The van der Waals surface area contributed by atoms with E-state index in [0.29, 0.717) is 5.95 Å². The Morgan fingerprint density at radius 1 is 1.39 bits per heavy atom. The third-order valence-electron chi connectivity index (χ3n) is 5.87. The van der Waals surface area contributed by atoms with Crippen LogP contribution in [0, 0.1) is 23.2 Å². The molecule has 2 aliphatic heterocycles. The van der Waals surface area contributed by atoms with E-state index >= 15 is 0 Å². The summed E-state index contributed by atoms with van der Waals surface area (Å²) in [6.45, 7) is 0. The van der Waals surface area contributed by atoms with Crippen LogP contribution in [0.2, 0.25) is 0 Å². The van der Waals surface area contributed by atoms with Crippen molar-refractivity contribution < 1.29 is 4.79 Å². The number of amides is 1. The van der Waals surface area contributed by atoms with Crippen LogP contribution >= 0.6 is 0 Å². The number of nitriles is 1. The van der Waals surface area contributed by atoms with Crippen molar-refractivity contribution >= 4 is 23.1 Å². The third-order valence-corrected chi connectivity index (χ3v) is 5.87. The first kappa shape index (κ1) is 16.9. The number of nitrogens with zero attached hydrogens (tertiary/aromatic N) is 6. The fourth-order valence-electron chi connectivity index (χ4n) is 4.38. The first-order valence-electron chi connectivity index (χ1n) is 9.64. The smallest absolute Gasteiger partial charge is 0.227 e. The lowest BCUT2D eigenvalue weighted by Gasteiger charge is -2.34. The van der Waals surface area contributed by atoms with E-state index in [-0.39, 0.29) is 29.8 Å². The number of carbonyl (C=O) groups is 1. The standard InChI is InChI=1S/C20H21N7O/c1-26-11-14(10-23-26)24-20-22-5-4-18(25-20)12-6-15-2-3-16(7-12)27(15)19(28)17-8-13(17)9-21/h4-6,10-11,13,15-17H,2-3,7-8H2,1H3,(H,22,24,25)/t13-,15?,16?,17+/m0/s1. The van der Waals surface area contributed by atoms with Crippen LogP contribution in [-0.2, 0) is 11.8 Å². The summed E-state index contributed by atoms with van der Waals surface area (Å²) in [7, 11) is 1.86. The van der Waals surface area contributed by atoms with Crippen molar-refractivity contribution in [3.63, 3.8) is 0 Å². The Morgan fingerprint density at radius 3 is 3.00 bits per heavy atom. The van der Waals surface area contributed by atoms with Gasteiger partial charge in [0.2, 0.25) is 11.9 Å². The van der Waals surface area contributed by atoms with Crippen molar-refractivity contribution in [2.24, 2.45) is 18.9 Å². The van der Waals surface area contributed by atoms with Gasteiger partial charge in [0.25, 0.3) is 0 Å². The van der Waals surface area contributed by atoms with Crippen molar-refractivity contribution in [1.29, 1.82) is 5.26 Å². The molecule has 2 aromatic rings. The summed E-state index contributed by atoms with van der Waals surface area (Å²) in [6.07, 6.45) is 11.0. The lowest BCUT2D eigenvalue weighted by Crippen LogP contribution is -2.44. The summed E-state index contributed by atoms with van der Waals surface area (Å²) in [6, 6.07) is 4.48. The van der Waals surface area contributed by atoms with Crippen LogP contribution in [0.3, 0.4) is 0 Å². The quantitative estimate of drug-likeness (QED) is 0.880. The average molecular weight is 375 g/mol. The zero-order valence-electron chi connectivity index (χ0n) is 15.6. The Labute approximate surface area is 162 Å². The number of aromatic nitrogens is 4. The maximum absolute atomic E-state index is 12.8. The van der Waals surface area contributed by atoms with Gasteiger partial charge in [-0.2, -0.15) is 10.4 Å². The fraction of sp³-hybridized carbons (Fsp3) is 0.450. The summed E-state index contributed by atoms with van der Waals surface area (Å²) in [5, 5.41) is 16.4. The number of rotatable bonds is 4. The predicted octanol–water partition coefficient (Wildman–Crippen LogP) is 2.26. The Bertz CT molecular complexity index is 1000. The minimum absolute atomic E-state index is 0.0831. The van der Waals surface area contributed by atoms with Crippen LogP contribution < -0.4 is 5.32 Å². The molecule has 2 fully saturated rings. The molecule has 8 nitrogen and oxygen atoms in total. The Kier molecular flexibility index (Phi) is 3.90. The number of carbonyl (C=O) groups excluding carboxylic acids is 1. The summed E-state index contributed by atoms with van der Waals surface area (Å²) >= 11 is 0. The van der Waals surface area contributed by atoms with Gasteiger partial charge < -0.3 is 10.2 Å². The number of anilines is 2. The largest absolute Gasteiger partial charge is 0.333 e. The van der Waals surface area contributed by atoms with Gasteiger partial charge in [0.05, 0.1) is 41.5 Å². The van der Waals surface area contributed by atoms with E-state index < -0.39 is 0 Å². The molecular formula is C20H21N7O. The monoisotopic (exact) mass is 375 g/mol. The molecule has 4 atom stereocenters. The minimum Gasteiger partial charge on any atom is -0.333 e. The molecule has 0 spiro atoms. The van der Waals surface area contributed by atoms with Gasteiger partial charge in [-0.3, -0.25) is 9.48 Å². The number of fused-ring (bicyclic) bond motifs is 2. The average Bonchev–Trinajstić information content (AvgIpc) is 3.32. The molecule has 1 saturated carbocycles. The molecule has 2 aromatic heterocycles. The van der Waals surface area contributed by atoms with Gasteiger partial charge >= 0.3 is 0 Å². The van der Waals surface area contributed by atoms with Crippen molar-refractivity contribution in [2.45, 2.75) is 37.8 Å². The van der Waals surface area contributed by atoms with Crippen LogP contribution in [0.25, 0.3) is 5.57 Å². The highest BCUT2D eigenvalue weighted by Crippen LogP contribution is 2.45. The molecule has 4 heterocycles. The normalized spacial score (nSPS) is 27.9. The van der Waals surface area contributed by atoms with E-state index in [4.69, 9.17) is 5.26 Å². The van der Waals surface area contributed by atoms with E-state index in [2.05, 4.69) is 32.5 Å². The second-order valence-electron chi connectivity index (χ2n) is 7.81. The molecule has 1 amide bonds. The van der Waals surface area contributed by atoms with Gasteiger partial charge in [-0.05, 0) is 37.3 Å². The highest BCUT2D eigenvalue weighted by molar-refractivity contribution is 5.85. The van der Waals surface area contributed by atoms with Crippen LogP contribution in [-0.4, -0.2) is 42.6 Å². The Morgan fingerprint density at radius 2 is 2.29 bits per heavy atom. The highest BCUT2D eigenvalue weighted by Gasteiger charge is 2.50. The molecule has 0 aromatic carbocycles.